The molecule has 0 aliphatic carbocycles. The molecule has 0 unspecified atom stereocenters. The van der Waals surface area contributed by atoms with Crippen molar-refractivity contribution in [3.8, 4) is 0 Å². The standard InChI is InChI=1S/C3H9N3O/c4-2-1-3-7-6-5/h5H,1-4H2. The molecule has 4 nitrogen and oxygen atoms in total. The second-order valence-corrected chi connectivity index (χ2v) is 1.07. The van der Waals surface area contributed by atoms with E-state index in [0.29, 0.717) is 13.2 Å². The van der Waals surface area contributed by atoms with Crippen LogP contribution in [-0.4, -0.2) is 13.2 Å². The van der Waals surface area contributed by atoms with E-state index in [1.807, 2.05) is 0 Å². The van der Waals surface area contributed by atoms with Crippen LogP contribution >= 0.6 is 0 Å². The fourth-order valence-corrected chi connectivity index (χ4v) is 0.194. The molecular weight excluding hydrogens is 94.1 g/mol. The molecule has 42 valence electrons. The molecule has 0 bridgehead atoms. The van der Waals surface area contributed by atoms with Gasteiger partial charge in [-0.3, -0.25) is 0 Å². The maximum absolute atomic E-state index is 6.14. The van der Waals surface area contributed by atoms with E-state index in [9.17, 15) is 0 Å². The fourth-order valence-electron chi connectivity index (χ4n) is 0.194. The van der Waals surface area contributed by atoms with Crippen LogP contribution in [0.1, 0.15) is 6.42 Å². The van der Waals surface area contributed by atoms with Crippen molar-refractivity contribution in [3.05, 3.63) is 0 Å². The van der Waals surface area contributed by atoms with Gasteiger partial charge in [0.05, 0.1) is 0 Å². The van der Waals surface area contributed by atoms with Crippen LogP contribution in [0.4, 0.5) is 0 Å². The predicted molar refractivity (Wildman–Crippen MR) is 24.8 cm³/mol. The third kappa shape index (κ3) is 5.36. The van der Waals surface area contributed by atoms with Gasteiger partial charge in [-0.1, -0.05) is 0 Å². The zero-order chi connectivity index (χ0) is 5.54. The molecule has 0 aliphatic heterocycles. The van der Waals surface area contributed by atoms with Gasteiger partial charge in [-0.05, 0) is 13.0 Å². The minimum atomic E-state index is 0.458. The van der Waals surface area contributed by atoms with Crippen LogP contribution in [0.2, 0.25) is 0 Å². The lowest BCUT2D eigenvalue weighted by Gasteiger charge is -1.90. The Bertz CT molecular complexity index is 47.4. The molecule has 0 aromatic rings. The van der Waals surface area contributed by atoms with Crippen LogP contribution in [0.15, 0.2) is 5.28 Å². The van der Waals surface area contributed by atoms with E-state index < -0.39 is 0 Å². The normalized spacial score (nSPS) is 8.14. The van der Waals surface area contributed by atoms with Crippen molar-refractivity contribution in [2.45, 2.75) is 6.42 Å². The summed E-state index contributed by atoms with van der Waals surface area (Å²) in [6.07, 6.45) is 0.766. The van der Waals surface area contributed by atoms with Crippen molar-refractivity contribution in [3.63, 3.8) is 0 Å². The summed E-state index contributed by atoms with van der Waals surface area (Å²) in [4.78, 5) is 4.29. The molecule has 0 rings (SSSR count). The smallest absolute Gasteiger partial charge is 0.120 e. The molecule has 0 amide bonds. The van der Waals surface area contributed by atoms with Crippen LogP contribution < -0.4 is 5.73 Å². The Morgan fingerprint density at radius 3 is 2.86 bits per heavy atom. The summed E-state index contributed by atoms with van der Waals surface area (Å²) in [5.41, 5.74) is 11.2. The van der Waals surface area contributed by atoms with Crippen LogP contribution in [0.3, 0.4) is 0 Å². The largest absolute Gasteiger partial charge is 0.380 e. The molecule has 0 heterocycles. The summed E-state index contributed by atoms with van der Waals surface area (Å²) in [5.74, 6) is 0. The van der Waals surface area contributed by atoms with Crippen LogP contribution in [0.5, 0.6) is 0 Å². The van der Waals surface area contributed by atoms with Gasteiger partial charge in [0, 0.05) is 5.28 Å². The number of hydrogen-bond acceptors (Lipinski definition) is 4. The molecule has 3 N–H and O–H groups in total. The van der Waals surface area contributed by atoms with Crippen LogP contribution in [-0.2, 0) is 4.84 Å². The molecule has 0 fully saturated rings. The van der Waals surface area contributed by atoms with E-state index in [1.54, 1.807) is 0 Å². The van der Waals surface area contributed by atoms with Gasteiger partial charge >= 0.3 is 0 Å². The summed E-state index contributed by atoms with van der Waals surface area (Å²) < 4.78 is 0. The van der Waals surface area contributed by atoms with E-state index in [4.69, 9.17) is 11.3 Å². The Balaban J connectivity index is 2.56. The van der Waals surface area contributed by atoms with Crippen molar-refractivity contribution in [2.75, 3.05) is 13.2 Å². The first-order valence-electron chi connectivity index (χ1n) is 2.10. The van der Waals surface area contributed by atoms with Crippen LogP contribution in [0.25, 0.3) is 0 Å². The SMILES string of the molecule is N=NOCCCN. The van der Waals surface area contributed by atoms with E-state index in [0.717, 1.165) is 6.42 Å². The molecule has 0 aliphatic rings. The van der Waals surface area contributed by atoms with Gasteiger partial charge in [0.1, 0.15) is 6.61 Å². The minimum Gasteiger partial charge on any atom is -0.380 e. The fraction of sp³-hybridized carbons (Fsp3) is 1.00. The summed E-state index contributed by atoms with van der Waals surface area (Å²) in [7, 11) is 0. The highest BCUT2D eigenvalue weighted by atomic mass is 16.6. The number of rotatable bonds is 4. The maximum Gasteiger partial charge on any atom is 0.120 e. The lowest BCUT2D eigenvalue weighted by Crippen LogP contribution is -2.01. The summed E-state index contributed by atoms with van der Waals surface area (Å²) in [6, 6.07) is 0. The lowest BCUT2D eigenvalue weighted by molar-refractivity contribution is 0.116. The number of nitrogens with one attached hydrogen (secondary N) is 1. The molecule has 4 heteroatoms. The maximum atomic E-state index is 6.14. The van der Waals surface area contributed by atoms with Gasteiger partial charge < -0.3 is 10.6 Å². The highest BCUT2D eigenvalue weighted by molar-refractivity contribution is 4.30. The first-order chi connectivity index (χ1) is 3.41. The predicted octanol–water partition coefficient (Wildman–Crippen LogP) is 0.298. The van der Waals surface area contributed by atoms with Gasteiger partial charge in [-0.15, -0.1) is 0 Å². The van der Waals surface area contributed by atoms with Crippen molar-refractivity contribution in [1.29, 1.82) is 5.53 Å². The van der Waals surface area contributed by atoms with E-state index in [2.05, 4.69) is 10.1 Å². The van der Waals surface area contributed by atoms with E-state index in [1.165, 1.54) is 0 Å². The Morgan fingerprint density at radius 1 is 1.71 bits per heavy atom. The highest BCUT2D eigenvalue weighted by Gasteiger charge is 1.78. The van der Waals surface area contributed by atoms with Gasteiger partial charge in [0.2, 0.25) is 0 Å². The van der Waals surface area contributed by atoms with Gasteiger partial charge in [-0.25, -0.2) is 0 Å². The lowest BCUT2D eigenvalue weighted by atomic mass is 10.5. The summed E-state index contributed by atoms with van der Waals surface area (Å²) in [6.45, 7) is 1.05. The third-order valence-corrected chi connectivity index (χ3v) is 0.504. The van der Waals surface area contributed by atoms with E-state index in [-0.39, 0.29) is 0 Å². The first-order valence-corrected chi connectivity index (χ1v) is 2.10. The number of nitrogens with two attached hydrogens (primary N) is 1. The van der Waals surface area contributed by atoms with Crippen molar-refractivity contribution >= 4 is 0 Å². The van der Waals surface area contributed by atoms with Crippen LogP contribution in [0, 0.1) is 5.53 Å². The highest BCUT2D eigenvalue weighted by Crippen LogP contribution is 1.76. The molecule has 0 saturated carbocycles. The monoisotopic (exact) mass is 103 g/mol. The first kappa shape index (κ1) is 6.36. The Kier molecular flexibility index (Phi) is 4.87. The second kappa shape index (κ2) is 5.36. The molecule has 0 radical (unpaired) electrons. The Hall–Kier alpha value is -0.640. The number of hydrogen-bond donors (Lipinski definition) is 2. The molecule has 0 spiro atoms. The third-order valence-electron chi connectivity index (χ3n) is 0.504. The zero-order valence-electron chi connectivity index (χ0n) is 4.05. The van der Waals surface area contributed by atoms with Gasteiger partial charge in [0.25, 0.3) is 0 Å². The van der Waals surface area contributed by atoms with Gasteiger partial charge in [0.15, 0.2) is 0 Å². The average molecular weight is 103 g/mol. The molecule has 7 heavy (non-hydrogen) atoms. The van der Waals surface area contributed by atoms with Crippen molar-refractivity contribution < 1.29 is 4.84 Å². The summed E-state index contributed by atoms with van der Waals surface area (Å²) in [5, 5.41) is 2.67. The Morgan fingerprint density at radius 2 is 2.43 bits per heavy atom. The van der Waals surface area contributed by atoms with Crippen molar-refractivity contribution in [1.82, 2.24) is 0 Å². The topological polar surface area (TPSA) is 71.5 Å². The molecule has 0 saturated heterocycles. The number of nitrogens with zero attached hydrogens (tertiary/aromatic N) is 1. The minimum absolute atomic E-state index is 0.458. The molecular formula is C3H9N3O. The van der Waals surface area contributed by atoms with E-state index >= 15 is 0 Å². The summed E-state index contributed by atoms with van der Waals surface area (Å²) >= 11 is 0. The van der Waals surface area contributed by atoms with Gasteiger partial charge in [-0.2, -0.15) is 5.53 Å². The molecule has 0 atom stereocenters. The molecule has 0 aromatic heterocycles. The molecule has 0 aromatic carbocycles. The quantitative estimate of drug-likeness (QED) is 0.305. The Labute approximate surface area is 42.1 Å². The second-order valence-electron chi connectivity index (χ2n) is 1.07. The average Bonchev–Trinajstić information content (AvgIpc) is 1.69. The van der Waals surface area contributed by atoms with Crippen molar-refractivity contribution in [2.24, 2.45) is 11.0 Å². The zero-order valence-corrected chi connectivity index (χ0v) is 4.05.